The molecule has 0 unspecified atom stereocenters. The highest BCUT2D eigenvalue weighted by Crippen LogP contribution is 2.74. The number of carbonyl (C=O) groups is 2. The lowest BCUT2D eigenvalue weighted by Gasteiger charge is -2.63. The van der Waals surface area contributed by atoms with Crippen LogP contribution in [0.3, 0.4) is 0 Å². The normalized spacial score (nSPS) is 53.5. The number of carbonyl (C=O) groups excluding carboxylic acids is 2. The van der Waals surface area contributed by atoms with Crippen LogP contribution in [0, 0.1) is 34.0 Å². The first-order valence-electron chi connectivity index (χ1n) is 11.2. The molecule has 0 spiro atoms. The smallest absolute Gasteiger partial charge is 0.178 e. The molecule has 9 atom stereocenters. The SMILES string of the molecule is CN1C[C@@H]2C[C@H]3[C@@H]4C[C@H](F)C5=CC(=O)C=C[C@]5(C)[C@@]4(F)[C@@H](O)C[C@]3(C)[C@]2(C(=O)CO)C1. The first kappa shape index (κ1) is 21.4. The van der Waals surface area contributed by atoms with Gasteiger partial charge in [0.15, 0.2) is 17.2 Å². The number of aliphatic hydroxyl groups is 2. The molecule has 0 aromatic heterocycles. The molecule has 0 aromatic rings. The maximum absolute atomic E-state index is 17.1. The number of allylic oxidation sites excluding steroid dienone is 4. The predicted molar refractivity (Wildman–Crippen MR) is 110 cm³/mol. The molecule has 0 amide bonds. The Balaban J connectivity index is 1.66. The molecule has 5 nitrogen and oxygen atoms in total. The van der Waals surface area contributed by atoms with Gasteiger partial charge in [0.2, 0.25) is 0 Å². The lowest BCUT2D eigenvalue weighted by molar-refractivity contribution is -0.211. The molecule has 0 radical (unpaired) electrons. The fourth-order valence-electron chi connectivity index (χ4n) is 8.66. The number of halogens is 2. The summed E-state index contributed by atoms with van der Waals surface area (Å²) in [7, 11) is 1.93. The summed E-state index contributed by atoms with van der Waals surface area (Å²) >= 11 is 0. The van der Waals surface area contributed by atoms with Gasteiger partial charge in [-0.15, -0.1) is 0 Å². The monoisotopic (exact) mass is 435 g/mol. The second-order valence-corrected chi connectivity index (χ2v) is 11.0. The summed E-state index contributed by atoms with van der Waals surface area (Å²) in [5, 5.41) is 21.2. The van der Waals surface area contributed by atoms with Gasteiger partial charge in [-0.1, -0.05) is 13.0 Å². The summed E-state index contributed by atoms with van der Waals surface area (Å²) in [5.74, 6) is -1.76. The molecule has 170 valence electrons. The van der Waals surface area contributed by atoms with Crippen LogP contribution >= 0.6 is 0 Å². The van der Waals surface area contributed by atoms with E-state index in [0.717, 1.165) is 0 Å². The van der Waals surface area contributed by atoms with Gasteiger partial charge in [-0.3, -0.25) is 9.59 Å². The van der Waals surface area contributed by atoms with Crippen molar-refractivity contribution in [1.29, 1.82) is 0 Å². The molecule has 5 aliphatic rings. The van der Waals surface area contributed by atoms with Crippen molar-refractivity contribution in [1.82, 2.24) is 4.90 Å². The zero-order chi connectivity index (χ0) is 22.6. The van der Waals surface area contributed by atoms with E-state index in [1.54, 1.807) is 6.92 Å². The molecule has 7 heteroatoms. The van der Waals surface area contributed by atoms with Gasteiger partial charge in [0, 0.05) is 24.4 Å². The highest BCUT2D eigenvalue weighted by Gasteiger charge is 2.77. The van der Waals surface area contributed by atoms with Crippen LogP contribution in [-0.4, -0.2) is 71.4 Å². The van der Waals surface area contributed by atoms with Crippen LogP contribution in [0.15, 0.2) is 23.8 Å². The van der Waals surface area contributed by atoms with E-state index in [-0.39, 0.29) is 41.8 Å². The summed E-state index contributed by atoms with van der Waals surface area (Å²) in [5.41, 5.74) is -5.04. The summed E-state index contributed by atoms with van der Waals surface area (Å²) in [6.45, 7) is 4.06. The van der Waals surface area contributed by atoms with Crippen molar-refractivity contribution in [3.05, 3.63) is 23.8 Å². The van der Waals surface area contributed by atoms with Gasteiger partial charge in [-0.2, -0.15) is 0 Å². The minimum absolute atomic E-state index is 0.0621. The maximum atomic E-state index is 17.1. The minimum Gasteiger partial charge on any atom is -0.390 e. The molecule has 0 aromatic carbocycles. The number of hydrogen-bond acceptors (Lipinski definition) is 5. The number of ketones is 2. The van der Waals surface area contributed by atoms with E-state index in [1.807, 2.05) is 14.0 Å². The molecule has 5 rings (SSSR count). The number of alkyl halides is 2. The summed E-state index contributed by atoms with van der Waals surface area (Å²) in [6, 6.07) is 0. The van der Waals surface area contributed by atoms with Gasteiger partial charge in [0.1, 0.15) is 12.8 Å². The van der Waals surface area contributed by atoms with Crippen molar-refractivity contribution in [3.63, 3.8) is 0 Å². The Morgan fingerprint density at radius 2 is 2.00 bits per heavy atom. The Kier molecular flexibility index (Phi) is 4.37. The van der Waals surface area contributed by atoms with E-state index in [9.17, 15) is 19.8 Å². The van der Waals surface area contributed by atoms with E-state index in [0.29, 0.717) is 19.5 Å². The molecule has 1 aliphatic heterocycles. The number of aliphatic hydroxyl groups excluding tert-OH is 2. The van der Waals surface area contributed by atoms with Crippen molar-refractivity contribution in [3.8, 4) is 0 Å². The first-order chi connectivity index (χ1) is 14.5. The molecule has 0 bridgehead atoms. The predicted octanol–water partition coefficient (Wildman–Crippen LogP) is 2.02. The Morgan fingerprint density at radius 1 is 1.29 bits per heavy atom. The summed E-state index contributed by atoms with van der Waals surface area (Å²) in [4.78, 5) is 27.2. The van der Waals surface area contributed by atoms with E-state index in [1.165, 1.54) is 18.2 Å². The fourth-order valence-corrected chi connectivity index (χ4v) is 8.66. The molecule has 2 N–H and O–H groups in total. The summed E-state index contributed by atoms with van der Waals surface area (Å²) in [6.07, 6.45) is 1.55. The van der Waals surface area contributed by atoms with Crippen molar-refractivity contribution in [2.24, 2.45) is 34.0 Å². The molecule has 1 saturated heterocycles. The van der Waals surface area contributed by atoms with E-state index in [2.05, 4.69) is 4.90 Å². The third-order valence-electron chi connectivity index (χ3n) is 9.97. The summed E-state index contributed by atoms with van der Waals surface area (Å²) < 4.78 is 32.6. The molecule has 1 heterocycles. The number of rotatable bonds is 2. The molecule has 31 heavy (non-hydrogen) atoms. The molecule has 3 saturated carbocycles. The van der Waals surface area contributed by atoms with Gasteiger partial charge in [-0.25, -0.2) is 8.78 Å². The van der Waals surface area contributed by atoms with Crippen LogP contribution in [0.2, 0.25) is 0 Å². The Labute approximate surface area is 181 Å². The number of likely N-dealkylation sites (tertiary alicyclic amines) is 1. The second-order valence-electron chi connectivity index (χ2n) is 11.0. The van der Waals surface area contributed by atoms with Crippen LogP contribution in [-0.2, 0) is 9.59 Å². The average Bonchev–Trinajstić information content (AvgIpc) is 3.16. The maximum Gasteiger partial charge on any atom is 0.178 e. The Hall–Kier alpha value is -1.44. The van der Waals surface area contributed by atoms with E-state index >= 15 is 8.78 Å². The fraction of sp³-hybridized carbons (Fsp3) is 0.750. The van der Waals surface area contributed by atoms with Crippen molar-refractivity contribution >= 4 is 11.6 Å². The van der Waals surface area contributed by atoms with Crippen LogP contribution < -0.4 is 0 Å². The van der Waals surface area contributed by atoms with E-state index in [4.69, 9.17) is 0 Å². The molecular formula is C24H31F2NO4. The highest BCUT2D eigenvalue weighted by molar-refractivity contribution is 6.01. The van der Waals surface area contributed by atoms with Gasteiger partial charge in [0.05, 0.1) is 11.5 Å². The molecule has 4 fully saturated rings. The van der Waals surface area contributed by atoms with E-state index < -0.39 is 46.7 Å². The highest BCUT2D eigenvalue weighted by atomic mass is 19.1. The topological polar surface area (TPSA) is 77.8 Å². The molecular weight excluding hydrogens is 404 g/mol. The Morgan fingerprint density at radius 3 is 2.68 bits per heavy atom. The number of fused-ring (bicyclic) bond motifs is 7. The zero-order valence-corrected chi connectivity index (χ0v) is 18.3. The third-order valence-corrected chi connectivity index (χ3v) is 9.97. The lowest BCUT2D eigenvalue weighted by Crippen LogP contribution is -2.69. The number of nitrogens with zero attached hydrogens (tertiary/aromatic N) is 1. The quantitative estimate of drug-likeness (QED) is 0.694. The molecule has 4 aliphatic carbocycles. The van der Waals surface area contributed by atoms with Crippen LogP contribution in [0.5, 0.6) is 0 Å². The van der Waals surface area contributed by atoms with Crippen LogP contribution in [0.4, 0.5) is 8.78 Å². The van der Waals surface area contributed by atoms with Crippen molar-refractivity contribution in [2.75, 3.05) is 26.7 Å². The standard InChI is InChI=1S/C24H31F2NO4/c1-21-5-4-14(29)7-17(21)18(25)8-16-15-6-13-10-27(3)12-23(13,20(31)11-28)22(15,2)9-19(30)24(16,21)26/h4-5,7,13,15-16,18-19,28,30H,6,8-12H2,1-3H3/t13-,15-,16-,18-,19-,21-,22-,23+,24-/m0/s1. The number of Topliss-reactive ketones (excluding diaryl/α,β-unsaturated/α-hetero) is 1. The van der Waals surface area contributed by atoms with Gasteiger partial charge < -0.3 is 15.1 Å². The van der Waals surface area contributed by atoms with Crippen LogP contribution in [0.25, 0.3) is 0 Å². The van der Waals surface area contributed by atoms with Crippen molar-refractivity contribution < 1.29 is 28.6 Å². The zero-order valence-electron chi connectivity index (χ0n) is 18.3. The average molecular weight is 436 g/mol. The Bertz CT molecular complexity index is 919. The van der Waals surface area contributed by atoms with Crippen molar-refractivity contribution in [2.45, 2.75) is 51.1 Å². The third kappa shape index (κ3) is 2.25. The van der Waals surface area contributed by atoms with Crippen LogP contribution in [0.1, 0.15) is 33.1 Å². The minimum atomic E-state index is -2.13. The number of hydrogen-bond donors (Lipinski definition) is 2. The van der Waals surface area contributed by atoms with Gasteiger partial charge in [0.25, 0.3) is 0 Å². The first-order valence-corrected chi connectivity index (χ1v) is 11.2. The lowest BCUT2D eigenvalue weighted by atomic mass is 9.43. The second kappa shape index (κ2) is 6.33. The van der Waals surface area contributed by atoms with Gasteiger partial charge in [-0.05, 0) is 68.2 Å². The van der Waals surface area contributed by atoms with Gasteiger partial charge >= 0.3 is 0 Å². The largest absolute Gasteiger partial charge is 0.390 e.